The van der Waals surface area contributed by atoms with Crippen molar-refractivity contribution in [3.05, 3.63) is 24.3 Å². The van der Waals surface area contributed by atoms with Crippen LogP contribution < -0.4 is 10.1 Å². The van der Waals surface area contributed by atoms with Crippen molar-refractivity contribution >= 4 is 11.6 Å². The van der Waals surface area contributed by atoms with E-state index in [0.29, 0.717) is 19.6 Å². The molecule has 0 aliphatic heterocycles. The number of anilines is 1. The Hall–Kier alpha value is -1.59. The first-order valence-corrected chi connectivity index (χ1v) is 9.89. The first-order valence-electron chi connectivity index (χ1n) is 9.89. The summed E-state index contributed by atoms with van der Waals surface area (Å²) in [6.45, 7) is 14.5. The van der Waals surface area contributed by atoms with Gasteiger partial charge in [0.05, 0.1) is 0 Å². The number of nitrogens with one attached hydrogen (secondary N) is 1. The summed E-state index contributed by atoms with van der Waals surface area (Å²) in [5.74, 6) is 0.719. The van der Waals surface area contributed by atoms with E-state index in [9.17, 15) is 4.79 Å². The molecule has 1 aromatic rings. The van der Waals surface area contributed by atoms with Crippen molar-refractivity contribution < 1.29 is 14.3 Å². The summed E-state index contributed by atoms with van der Waals surface area (Å²) in [6.07, 6.45) is 2.49. The lowest BCUT2D eigenvalue weighted by molar-refractivity contribution is -0.140. The minimum atomic E-state index is -0.788. The fourth-order valence-corrected chi connectivity index (χ4v) is 2.79. The Bertz CT molecular complexity index is 514. The third-order valence-electron chi connectivity index (χ3n) is 4.51. The maximum atomic E-state index is 12.7. The fraction of sp³-hybridized carbons (Fsp3) is 0.667. The van der Waals surface area contributed by atoms with Gasteiger partial charge in [-0.15, -0.1) is 0 Å². The minimum Gasteiger partial charge on any atom is -0.492 e. The first kappa shape index (κ1) is 22.5. The number of hydrogen-bond donors (Lipinski definition) is 1. The van der Waals surface area contributed by atoms with Crippen LogP contribution in [0.2, 0.25) is 0 Å². The smallest absolute Gasteiger partial charge is 0.256 e. The van der Waals surface area contributed by atoms with Crippen molar-refractivity contribution in [1.82, 2.24) is 4.90 Å². The average molecular weight is 365 g/mol. The van der Waals surface area contributed by atoms with E-state index in [1.165, 1.54) is 0 Å². The van der Waals surface area contributed by atoms with Crippen LogP contribution in [-0.4, -0.2) is 49.3 Å². The van der Waals surface area contributed by atoms with E-state index in [1.54, 1.807) is 0 Å². The fourth-order valence-electron chi connectivity index (χ4n) is 2.79. The number of carbonyl (C=O) groups is 1. The Labute approximate surface area is 159 Å². The number of hydrogen-bond acceptors (Lipinski definition) is 4. The number of amides is 1. The normalized spacial score (nSPS) is 13.5. The van der Waals surface area contributed by atoms with Gasteiger partial charge in [0.15, 0.2) is 0 Å². The van der Waals surface area contributed by atoms with E-state index >= 15 is 0 Å². The molecule has 0 heterocycles. The molecule has 0 saturated carbocycles. The van der Waals surface area contributed by atoms with E-state index in [4.69, 9.17) is 9.47 Å². The standard InChI is InChI=1S/C21H36N2O3/c1-6-14-21(5,26-16-7-2)20(24)22-18-10-12-19(13-11-18)25-17-15-23(8-3)9-4/h10-13H,6-9,14-17H2,1-5H3,(H,22,24)/t21-/m1/s1. The number of benzene rings is 1. The Morgan fingerprint density at radius 1 is 1.04 bits per heavy atom. The molecule has 0 aliphatic carbocycles. The van der Waals surface area contributed by atoms with Crippen molar-refractivity contribution in [2.75, 3.05) is 38.2 Å². The van der Waals surface area contributed by atoms with Crippen LogP contribution in [0.3, 0.4) is 0 Å². The number of likely N-dealkylation sites (N-methyl/N-ethyl adjacent to an activating group) is 1. The molecule has 26 heavy (non-hydrogen) atoms. The van der Waals surface area contributed by atoms with Crippen LogP contribution in [0, 0.1) is 0 Å². The summed E-state index contributed by atoms with van der Waals surface area (Å²) >= 11 is 0. The largest absolute Gasteiger partial charge is 0.492 e. The highest BCUT2D eigenvalue weighted by Crippen LogP contribution is 2.22. The van der Waals surface area contributed by atoms with Gasteiger partial charge in [0, 0.05) is 18.8 Å². The van der Waals surface area contributed by atoms with Crippen LogP contribution in [0.1, 0.15) is 53.9 Å². The predicted molar refractivity (Wildman–Crippen MR) is 108 cm³/mol. The van der Waals surface area contributed by atoms with E-state index in [2.05, 4.69) is 31.0 Å². The van der Waals surface area contributed by atoms with Crippen LogP contribution in [0.5, 0.6) is 5.75 Å². The highest BCUT2D eigenvalue weighted by molar-refractivity contribution is 5.97. The van der Waals surface area contributed by atoms with Crippen LogP contribution in [0.15, 0.2) is 24.3 Å². The van der Waals surface area contributed by atoms with E-state index in [1.807, 2.05) is 38.1 Å². The second-order valence-electron chi connectivity index (χ2n) is 6.68. The van der Waals surface area contributed by atoms with Crippen molar-refractivity contribution in [2.24, 2.45) is 0 Å². The summed E-state index contributed by atoms with van der Waals surface area (Å²) in [5, 5.41) is 2.97. The molecule has 0 saturated heterocycles. The Morgan fingerprint density at radius 2 is 1.69 bits per heavy atom. The molecule has 1 rings (SSSR count). The number of carbonyl (C=O) groups excluding carboxylic acids is 1. The molecule has 1 aromatic carbocycles. The lowest BCUT2D eigenvalue weighted by Crippen LogP contribution is -2.43. The van der Waals surface area contributed by atoms with Crippen molar-refractivity contribution in [3.63, 3.8) is 0 Å². The van der Waals surface area contributed by atoms with Crippen LogP contribution in [0.25, 0.3) is 0 Å². The van der Waals surface area contributed by atoms with Crippen LogP contribution in [-0.2, 0) is 9.53 Å². The van der Waals surface area contributed by atoms with Gasteiger partial charge in [-0.2, -0.15) is 0 Å². The van der Waals surface area contributed by atoms with Crippen LogP contribution >= 0.6 is 0 Å². The third kappa shape index (κ3) is 7.34. The zero-order valence-corrected chi connectivity index (χ0v) is 17.1. The zero-order chi connectivity index (χ0) is 19.4. The highest BCUT2D eigenvalue weighted by atomic mass is 16.5. The Balaban J connectivity index is 2.58. The summed E-state index contributed by atoms with van der Waals surface area (Å²) in [6, 6.07) is 7.53. The van der Waals surface area contributed by atoms with Crippen molar-refractivity contribution in [1.29, 1.82) is 0 Å². The SMILES string of the molecule is CCCO[C@](C)(CCC)C(=O)Nc1ccc(OCCN(CC)CC)cc1. The van der Waals surface area contributed by atoms with Gasteiger partial charge in [-0.1, -0.05) is 34.1 Å². The Kier molecular flexibility index (Phi) is 10.3. The molecule has 1 amide bonds. The van der Waals surface area contributed by atoms with E-state index in [0.717, 1.165) is 43.9 Å². The molecule has 0 aromatic heterocycles. The predicted octanol–water partition coefficient (Wildman–Crippen LogP) is 4.33. The molecule has 0 fully saturated rings. The molecule has 0 radical (unpaired) electrons. The molecular weight excluding hydrogens is 328 g/mol. The maximum absolute atomic E-state index is 12.7. The maximum Gasteiger partial charge on any atom is 0.256 e. The zero-order valence-electron chi connectivity index (χ0n) is 17.1. The second kappa shape index (κ2) is 11.9. The van der Waals surface area contributed by atoms with Gasteiger partial charge in [0.1, 0.15) is 18.0 Å². The summed E-state index contributed by atoms with van der Waals surface area (Å²) < 4.78 is 11.6. The molecular formula is C21H36N2O3. The number of nitrogens with zero attached hydrogens (tertiary/aromatic N) is 1. The molecule has 0 spiro atoms. The van der Waals surface area contributed by atoms with Gasteiger partial charge < -0.3 is 19.7 Å². The molecule has 5 nitrogen and oxygen atoms in total. The van der Waals surface area contributed by atoms with Gasteiger partial charge >= 0.3 is 0 Å². The second-order valence-corrected chi connectivity index (χ2v) is 6.68. The summed E-state index contributed by atoms with van der Waals surface area (Å²) in [5.41, 5.74) is -0.0301. The highest BCUT2D eigenvalue weighted by Gasteiger charge is 2.33. The molecule has 1 N–H and O–H groups in total. The van der Waals surface area contributed by atoms with E-state index in [-0.39, 0.29) is 5.91 Å². The molecule has 0 aliphatic rings. The third-order valence-corrected chi connectivity index (χ3v) is 4.51. The number of rotatable bonds is 13. The van der Waals surface area contributed by atoms with Gasteiger partial charge in [-0.05, 0) is 57.1 Å². The molecule has 1 atom stereocenters. The van der Waals surface area contributed by atoms with Gasteiger partial charge in [-0.3, -0.25) is 4.79 Å². The van der Waals surface area contributed by atoms with Gasteiger partial charge in [-0.25, -0.2) is 0 Å². The first-order chi connectivity index (χ1) is 12.5. The topological polar surface area (TPSA) is 50.8 Å². The van der Waals surface area contributed by atoms with Crippen molar-refractivity contribution in [2.45, 2.75) is 59.5 Å². The number of ether oxygens (including phenoxy) is 2. The van der Waals surface area contributed by atoms with Gasteiger partial charge in [0.2, 0.25) is 0 Å². The lowest BCUT2D eigenvalue weighted by Gasteiger charge is -2.28. The van der Waals surface area contributed by atoms with Crippen molar-refractivity contribution in [3.8, 4) is 5.75 Å². The summed E-state index contributed by atoms with van der Waals surface area (Å²) in [4.78, 5) is 15.0. The van der Waals surface area contributed by atoms with E-state index < -0.39 is 5.60 Å². The average Bonchev–Trinajstić information content (AvgIpc) is 2.65. The molecule has 148 valence electrons. The van der Waals surface area contributed by atoms with Gasteiger partial charge in [0.25, 0.3) is 5.91 Å². The minimum absolute atomic E-state index is 0.0944. The van der Waals surface area contributed by atoms with Crippen LogP contribution in [0.4, 0.5) is 5.69 Å². The lowest BCUT2D eigenvalue weighted by atomic mass is 9.99. The Morgan fingerprint density at radius 3 is 2.23 bits per heavy atom. The molecule has 0 bridgehead atoms. The quantitative estimate of drug-likeness (QED) is 0.566. The monoisotopic (exact) mass is 364 g/mol. The molecule has 5 heteroatoms. The summed E-state index contributed by atoms with van der Waals surface area (Å²) in [7, 11) is 0. The molecule has 0 unspecified atom stereocenters.